The number of carbonyl (C=O) groups excluding carboxylic acids is 1. The SMILES string of the molecule is CC(CC(=O)Nc1cccc(-c2nccn2C)c1)C1CCCNC1. The van der Waals surface area contributed by atoms with Crippen LogP contribution < -0.4 is 10.6 Å². The summed E-state index contributed by atoms with van der Waals surface area (Å²) in [6.45, 7) is 4.32. The zero-order chi connectivity index (χ0) is 16.9. The molecule has 1 aliphatic heterocycles. The van der Waals surface area contributed by atoms with Gasteiger partial charge in [-0.2, -0.15) is 0 Å². The fourth-order valence-electron chi connectivity index (χ4n) is 3.42. The molecule has 1 aliphatic rings. The highest BCUT2D eigenvalue weighted by Gasteiger charge is 2.22. The molecule has 2 unspecified atom stereocenters. The van der Waals surface area contributed by atoms with Gasteiger partial charge in [-0.05, 0) is 49.9 Å². The number of aromatic nitrogens is 2. The lowest BCUT2D eigenvalue weighted by Crippen LogP contribution is -2.34. The molecule has 2 N–H and O–H groups in total. The van der Waals surface area contributed by atoms with E-state index in [1.165, 1.54) is 12.8 Å². The fraction of sp³-hybridized carbons (Fsp3) is 0.474. The predicted molar refractivity (Wildman–Crippen MR) is 96.6 cm³/mol. The zero-order valence-corrected chi connectivity index (χ0v) is 14.5. The van der Waals surface area contributed by atoms with Crippen LogP contribution in [0.4, 0.5) is 5.69 Å². The number of hydrogen-bond donors (Lipinski definition) is 2. The summed E-state index contributed by atoms with van der Waals surface area (Å²) in [6.07, 6.45) is 6.69. The van der Waals surface area contributed by atoms with Crippen LogP contribution in [-0.4, -0.2) is 28.5 Å². The topological polar surface area (TPSA) is 59.0 Å². The highest BCUT2D eigenvalue weighted by Crippen LogP contribution is 2.24. The van der Waals surface area contributed by atoms with Crippen molar-refractivity contribution >= 4 is 11.6 Å². The van der Waals surface area contributed by atoms with E-state index in [9.17, 15) is 4.79 Å². The summed E-state index contributed by atoms with van der Waals surface area (Å²) >= 11 is 0. The van der Waals surface area contributed by atoms with Gasteiger partial charge in [-0.3, -0.25) is 4.79 Å². The molecular weight excluding hydrogens is 300 g/mol. The van der Waals surface area contributed by atoms with Gasteiger partial charge in [0.05, 0.1) is 0 Å². The molecule has 2 aromatic rings. The van der Waals surface area contributed by atoms with Gasteiger partial charge in [0.2, 0.25) is 5.91 Å². The van der Waals surface area contributed by atoms with Crippen LogP contribution in [0.25, 0.3) is 11.4 Å². The first kappa shape index (κ1) is 16.7. The molecule has 2 atom stereocenters. The number of piperidine rings is 1. The molecule has 0 saturated carbocycles. The van der Waals surface area contributed by atoms with Gasteiger partial charge in [0.25, 0.3) is 0 Å². The van der Waals surface area contributed by atoms with E-state index in [-0.39, 0.29) is 5.91 Å². The van der Waals surface area contributed by atoms with Crippen LogP contribution >= 0.6 is 0 Å². The third-order valence-corrected chi connectivity index (χ3v) is 4.87. The molecule has 3 rings (SSSR count). The maximum Gasteiger partial charge on any atom is 0.224 e. The average Bonchev–Trinajstić information content (AvgIpc) is 3.02. The quantitative estimate of drug-likeness (QED) is 0.888. The van der Waals surface area contributed by atoms with Gasteiger partial charge in [-0.25, -0.2) is 4.98 Å². The Morgan fingerprint density at radius 1 is 1.50 bits per heavy atom. The molecule has 5 nitrogen and oxygen atoms in total. The van der Waals surface area contributed by atoms with Crippen LogP contribution in [0.2, 0.25) is 0 Å². The van der Waals surface area contributed by atoms with E-state index in [0.717, 1.165) is 30.2 Å². The van der Waals surface area contributed by atoms with Crippen LogP contribution in [0.3, 0.4) is 0 Å². The number of carbonyl (C=O) groups is 1. The summed E-state index contributed by atoms with van der Waals surface area (Å²) in [5.74, 6) is 1.98. The molecule has 24 heavy (non-hydrogen) atoms. The number of benzene rings is 1. The Balaban J connectivity index is 1.61. The minimum Gasteiger partial charge on any atom is -0.334 e. The Hall–Kier alpha value is -2.14. The lowest BCUT2D eigenvalue weighted by molar-refractivity contribution is -0.117. The molecule has 0 bridgehead atoms. The number of rotatable bonds is 5. The largest absolute Gasteiger partial charge is 0.334 e. The minimum absolute atomic E-state index is 0.0880. The molecule has 5 heteroatoms. The fourth-order valence-corrected chi connectivity index (χ4v) is 3.42. The van der Waals surface area contributed by atoms with Crippen LogP contribution in [0.5, 0.6) is 0 Å². The second-order valence-corrected chi connectivity index (χ2v) is 6.78. The summed E-state index contributed by atoms with van der Waals surface area (Å²) in [5.41, 5.74) is 1.83. The highest BCUT2D eigenvalue weighted by atomic mass is 16.1. The first-order valence-electron chi connectivity index (χ1n) is 8.72. The normalized spacial score (nSPS) is 19.0. The van der Waals surface area contributed by atoms with Crippen molar-refractivity contribution in [1.82, 2.24) is 14.9 Å². The first-order chi connectivity index (χ1) is 11.6. The van der Waals surface area contributed by atoms with Crippen molar-refractivity contribution in [1.29, 1.82) is 0 Å². The molecule has 2 heterocycles. The van der Waals surface area contributed by atoms with Crippen molar-refractivity contribution in [2.45, 2.75) is 26.2 Å². The van der Waals surface area contributed by atoms with E-state index >= 15 is 0 Å². The molecule has 1 amide bonds. The maximum absolute atomic E-state index is 12.4. The van der Waals surface area contributed by atoms with Crippen molar-refractivity contribution in [2.75, 3.05) is 18.4 Å². The van der Waals surface area contributed by atoms with Crippen LogP contribution in [0.1, 0.15) is 26.2 Å². The van der Waals surface area contributed by atoms with Gasteiger partial charge in [-0.15, -0.1) is 0 Å². The summed E-state index contributed by atoms with van der Waals surface area (Å²) in [5, 5.41) is 6.46. The molecule has 0 radical (unpaired) electrons. The molecule has 0 aliphatic carbocycles. The number of nitrogens with zero attached hydrogens (tertiary/aromatic N) is 2. The van der Waals surface area contributed by atoms with Crippen molar-refractivity contribution in [3.8, 4) is 11.4 Å². The average molecular weight is 326 g/mol. The molecule has 0 spiro atoms. The van der Waals surface area contributed by atoms with E-state index in [1.807, 2.05) is 42.1 Å². The smallest absolute Gasteiger partial charge is 0.224 e. The number of imidazole rings is 1. The number of anilines is 1. The highest BCUT2D eigenvalue weighted by molar-refractivity contribution is 5.91. The number of aryl methyl sites for hydroxylation is 1. The Labute approximate surface area is 143 Å². The third kappa shape index (κ3) is 4.03. The lowest BCUT2D eigenvalue weighted by atomic mass is 9.85. The van der Waals surface area contributed by atoms with Crippen molar-refractivity contribution in [3.05, 3.63) is 36.7 Å². The van der Waals surface area contributed by atoms with Crippen molar-refractivity contribution < 1.29 is 4.79 Å². The molecule has 1 aromatic carbocycles. The summed E-state index contributed by atoms with van der Waals surface area (Å²) in [6, 6.07) is 7.87. The van der Waals surface area contributed by atoms with Gasteiger partial charge >= 0.3 is 0 Å². The second-order valence-electron chi connectivity index (χ2n) is 6.78. The summed E-state index contributed by atoms with van der Waals surface area (Å²) in [7, 11) is 1.97. The predicted octanol–water partition coefficient (Wildman–Crippen LogP) is 3.05. The monoisotopic (exact) mass is 326 g/mol. The van der Waals surface area contributed by atoms with Crippen LogP contribution in [0.15, 0.2) is 36.7 Å². The summed E-state index contributed by atoms with van der Waals surface area (Å²) < 4.78 is 1.97. The Morgan fingerprint density at radius 3 is 3.08 bits per heavy atom. The maximum atomic E-state index is 12.4. The van der Waals surface area contributed by atoms with Gasteiger partial charge in [-0.1, -0.05) is 19.1 Å². The number of amides is 1. The van der Waals surface area contributed by atoms with Crippen LogP contribution in [0, 0.1) is 11.8 Å². The Kier molecular flexibility index (Phi) is 5.30. The Morgan fingerprint density at radius 2 is 2.38 bits per heavy atom. The van der Waals surface area contributed by atoms with Gasteiger partial charge in [0.15, 0.2) is 0 Å². The van der Waals surface area contributed by atoms with Gasteiger partial charge in [0.1, 0.15) is 5.82 Å². The first-order valence-corrected chi connectivity index (χ1v) is 8.72. The standard InChI is InChI=1S/C19H26N4O/c1-14(16-6-4-8-20-13-16)11-18(24)22-17-7-3-5-15(12-17)19-21-9-10-23(19)2/h3,5,7,9-10,12,14,16,20H,4,6,8,11,13H2,1-2H3,(H,22,24). The summed E-state index contributed by atoms with van der Waals surface area (Å²) in [4.78, 5) is 16.7. The van der Waals surface area contributed by atoms with Crippen LogP contribution in [-0.2, 0) is 11.8 Å². The van der Waals surface area contributed by atoms with Gasteiger partial charge in [0, 0.05) is 37.1 Å². The second kappa shape index (κ2) is 7.62. The Bertz CT molecular complexity index is 688. The third-order valence-electron chi connectivity index (χ3n) is 4.87. The van der Waals surface area contributed by atoms with E-state index in [4.69, 9.17) is 0 Å². The van der Waals surface area contributed by atoms with Crippen molar-refractivity contribution in [3.63, 3.8) is 0 Å². The van der Waals surface area contributed by atoms with E-state index in [2.05, 4.69) is 22.5 Å². The van der Waals surface area contributed by atoms with E-state index < -0.39 is 0 Å². The minimum atomic E-state index is 0.0880. The molecule has 128 valence electrons. The molecule has 1 aromatic heterocycles. The van der Waals surface area contributed by atoms with Crippen molar-refractivity contribution in [2.24, 2.45) is 18.9 Å². The van der Waals surface area contributed by atoms with E-state index in [1.54, 1.807) is 6.20 Å². The molecule has 1 fully saturated rings. The number of hydrogen-bond acceptors (Lipinski definition) is 3. The molecule has 1 saturated heterocycles. The lowest BCUT2D eigenvalue weighted by Gasteiger charge is -2.28. The van der Waals surface area contributed by atoms with E-state index in [0.29, 0.717) is 18.3 Å². The number of nitrogens with one attached hydrogen (secondary N) is 2. The van der Waals surface area contributed by atoms with Gasteiger partial charge < -0.3 is 15.2 Å². The molecular formula is C19H26N4O. The zero-order valence-electron chi connectivity index (χ0n) is 14.5.